The van der Waals surface area contributed by atoms with E-state index in [9.17, 15) is 13.6 Å². The van der Waals surface area contributed by atoms with Crippen molar-refractivity contribution in [3.05, 3.63) is 32.9 Å². The quantitative estimate of drug-likeness (QED) is 0.623. The lowest BCUT2D eigenvalue weighted by Gasteiger charge is -2.02. The summed E-state index contributed by atoms with van der Waals surface area (Å²) in [5.41, 5.74) is -0.145. The van der Waals surface area contributed by atoms with Gasteiger partial charge in [-0.3, -0.25) is 4.79 Å². The number of nitrogens with one attached hydrogen (secondary N) is 1. The summed E-state index contributed by atoms with van der Waals surface area (Å²) >= 11 is 1.69. The Morgan fingerprint density at radius 3 is 2.54 bits per heavy atom. The van der Waals surface area contributed by atoms with Gasteiger partial charge in [0.15, 0.2) is 0 Å². The summed E-state index contributed by atoms with van der Waals surface area (Å²) in [5, 5.41) is 2.26. The molecule has 13 heavy (non-hydrogen) atoms. The molecule has 2 nitrogen and oxygen atoms in total. The van der Waals surface area contributed by atoms with Crippen LogP contribution in [-0.2, 0) is 0 Å². The topological polar surface area (TPSA) is 29.1 Å². The zero-order chi connectivity index (χ0) is 10.0. The Labute approximate surface area is 87.5 Å². The standard InChI is InChI=1S/C8H6F2INO/c1-12-8(13)4-2-7(11)6(10)3-5(4)9/h2-3H,1H3,(H,12,13). The summed E-state index contributed by atoms with van der Waals surface area (Å²) in [4.78, 5) is 11.0. The van der Waals surface area contributed by atoms with Crippen molar-refractivity contribution in [3.63, 3.8) is 0 Å². The van der Waals surface area contributed by atoms with Crippen molar-refractivity contribution in [2.24, 2.45) is 0 Å². The molecule has 1 aromatic rings. The maximum Gasteiger partial charge on any atom is 0.254 e. The molecule has 0 aromatic heterocycles. The molecule has 0 aliphatic carbocycles. The molecule has 0 aliphatic heterocycles. The Balaban J connectivity index is 3.23. The van der Waals surface area contributed by atoms with Gasteiger partial charge in [0.25, 0.3) is 5.91 Å². The molecule has 0 heterocycles. The molecule has 0 aliphatic rings. The predicted molar refractivity (Wildman–Crippen MR) is 52.5 cm³/mol. The van der Waals surface area contributed by atoms with Gasteiger partial charge < -0.3 is 5.32 Å². The van der Waals surface area contributed by atoms with Gasteiger partial charge >= 0.3 is 0 Å². The van der Waals surface area contributed by atoms with Crippen LogP contribution in [-0.4, -0.2) is 13.0 Å². The molecule has 1 N–H and O–H groups in total. The minimum atomic E-state index is -0.850. The van der Waals surface area contributed by atoms with Crippen molar-refractivity contribution in [3.8, 4) is 0 Å². The van der Waals surface area contributed by atoms with E-state index in [1.807, 2.05) is 0 Å². The zero-order valence-electron chi connectivity index (χ0n) is 6.70. The molecule has 0 saturated carbocycles. The molecular weight excluding hydrogens is 291 g/mol. The fraction of sp³-hybridized carbons (Fsp3) is 0.125. The molecule has 70 valence electrons. The molecule has 0 fully saturated rings. The van der Waals surface area contributed by atoms with Crippen LogP contribution in [0, 0.1) is 15.2 Å². The normalized spacial score (nSPS) is 9.85. The summed E-state index contributed by atoms with van der Waals surface area (Å²) in [6.07, 6.45) is 0. The molecule has 0 bridgehead atoms. The average Bonchev–Trinajstić information content (AvgIpc) is 2.10. The predicted octanol–water partition coefficient (Wildman–Crippen LogP) is 1.93. The van der Waals surface area contributed by atoms with E-state index in [2.05, 4.69) is 5.32 Å². The SMILES string of the molecule is CNC(=O)c1cc(I)c(F)cc1F. The van der Waals surface area contributed by atoms with Gasteiger partial charge in [0, 0.05) is 16.7 Å². The summed E-state index contributed by atoms with van der Waals surface area (Å²) in [6.45, 7) is 0. The molecule has 5 heteroatoms. The number of hydrogen-bond donors (Lipinski definition) is 1. The number of rotatable bonds is 1. The van der Waals surface area contributed by atoms with E-state index >= 15 is 0 Å². The minimum Gasteiger partial charge on any atom is -0.355 e. The number of hydrogen-bond acceptors (Lipinski definition) is 1. The van der Waals surface area contributed by atoms with E-state index in [0.29, 0.717) is 6.07 Å². The molecule has 0 unspecified atom stereocenters. The lowest BCUT2D eigenvalue weighted by atomic mass is 10.2. The van der Waals surface area contributed by atoms with Crippen LogP contribution in [0.25, 0.3) is 0 Å². The Hall–Kier alpha value is -0.720. The van der Waals surface area contributed by atoms with Crippen LogP contribution in [0.1, 0.15) is 10.4 Å². The van der Waals surface area contributed by atoms with Gasteiger partial charge in [0.05, 0.1) is 5.56 Å². The fourth-order valence-electron chi connectivity index (χ4n) is 0.831. The van der Waals surface area contributed by atoms with Crippen molar-refractivity contribution < 1.29 is 13.6 Å². The van der Waals surface area contributed by atoms with E-state index in [1.165, 1.54) is 13.1 Å². The van der Waals surface area contributed by atoms with Gasteiger partial charge in [-0.15, -0.1) is 0 Å². The Bertz CT molecular complexity index is 354. The van der Waals surface area contributed by atoms with Crippen LogP contribution in [0.3, 0.4) is 0 Å². The van der Waals surface area contributed by atoms with E-state index in [0.717, 1.165) is 0 Å². The first-order chi connectivity index (χ1) is 6.06. The first-order valence-electron chi connectivity index (χ1n) is 3.43. The van der Waals surface area contributed by atoms with E-state index < -0.39 is 17.5 Å². The van der Waals surface area contributed by atoms with Gasteiger partial charge in [-0.1, -0.05) is 0 Å². The first-order valence-corrected chi connectivity index (χ1v) is 4.50. The Kier molecular flexibility index (Phi) is 3.18. The Morgan fingerprint density at radius 2 is 2.00 bits per heavy atom. The highest BCUT2D eigenvalue weighted by molar-refractivity contribution is 14.1. The van der Waals surface area contributed by atoms with Crippen LogP contribution in [0.5, 0.6) is 0 Å². The van der Waals surface area contributed by atoms with E-state index in [1.54, 1.807) is 22.6 Å². The smallest absolute Gasteiger partial charge is 0.254 e. The molecular formula is C8H6F2INO. The van der Waals surface area contributed by atoms with Crippen LogP contribution >= 0.6 is 22.6 Å². The number of benzene rings is 1. The van der Waals surface area contributed by atoms with Gasteiger partial charge in [-0.2, -0.15) is 0 Å². The molecule has 0 atom stereocenters. The third-order valence-corrected chi connectivity index (χ3v) is 2.31. The Morgan fingerprint density at radius 1 is 1.38 bits per heavy atom. The van der Waals surface area contributed by atoms with Crippen LogP contribution < -0.4 is 5.32 Å². The van der Waals surface area contributed by atoms with Crippen LogP contribution in [0.2, 0.25) is 0 Å². The first kappa shape index (κ1) is 10.4. The summed E-state index contributed by atoms with van der Waals surface area (Å²) in [6, 6.07) is 1.87. The van der Waals surface area contributed by atoms with Crippen molar-refractivity contribution in [1.29, 1.82) is 0 Å². The second kappa shape index (κ2) is 3.99. The van der Waals surface area contributed by atoms with Gasteiger partial charge in [-0.25, -0.2) is 8.78 Å². The van der Waals surface area contributed by atoms with Crippen molar-refractivity contribution in [2.75, 3.05) is 7.05 Å². The lowest BCUT2D eigenvalue weighted by Crippen LogP contribution is -2.19. The molecule has 1 aromatic carbocycles. The number of carbonyl (C=O) groups is 1. The highest BCUT2D eigenvalue weighted by Crippen LogP contribution is 2.16. The largest absolute Gasteiger partial charge is 0.355 e. The second-order valence-electron chi connectivity index (χ2n) is 2.33. The van der Waals surface area contributed by atoms with Crippen LogP contribution in [0.4, 0.5) is 8.78 Å². The van der Waals surface area contributed by atoms with Crippen molar-refractivity contribution >= 4 is 28.5 Å². The monoisotopic (exact) mass is 297 g/mol. The zero-order valence-corrected chi connectivity index (χ0v) is 8.85. The number of carbonyl (C=O) groups excluding carboxylic acids is 1. The fourth-order valence-corrected chi connectivity index (χ4v) is 1.30. The molecule has 0 spiro atoms. The number of halogens is 3. The molecule has 0 saturated heterocycles. The highest BCUT2D eigenvalue weighted by Gasteiger charge is 2.13. The van der Waals surface area contributed by atoms with Gasteiger partial charge in [0.1, 0.15) is 11.6 Å². The second-order valence-corrected chi connectivity index (χ2v) is 3.49. The van der Waals surface area contributed by atoms with Gasteiger partial charge in [-0.05, 0) is 28.7 Å². The summed E-state index contributed by atoms with van der Waals surface area (Å²) in [5.74, 6) is -2.07. The highest BCUT2D eigenvalue weighted by atomic mass is 127. The van der Waals surface area contributed by atoms with Crippen molar-refractivity contribution in [2.45, 2.75) is 0 Å². The van der Waals surface area contributed by atoms with Crippen LogP contribution in [0.15, 0.2) is 12.1 Å². The third kappa shape index (κ3) is 2.15. The van der Waals surface area contributed by atoms with Gasteiger partial charge in [0.2, 0.25) is 0 Å². The average molecular weight is 297 g/mol. The minimum absolute atomic E-state index is 0.145. The van der Waals surface area contributed by atoms with E-state index in [4.69, 9.17) is 0 Å². The maximum atomic E-state index is 13.0. The third-order valence-electron chi connectivity index (χ3n) is 1.48. The van der Waals surface area contributed by atoms with Crippen molar-refractivity contribution in [1.82, 2.24) is 5.32 Å². The maximum absolute atomic E-state index is 13.0. The summed E-state index contributed by atoms with van der Waals surface area (Å²) in [7, 11) is 1.39. The summed E-state index contributed by atoms with van der Waals surface area (Å²) < 4.78 is 25.9. The number of amides is 1. The molecule has 1 amide bonds. The molecule has 0 radical (unpaired) electrons. The van der Waals surface area contributed by atoms with E-state index in [-0.39, 0.29) is 9.13 Å². The molecule has 1 rings (SSSR count). The lowest BCUT2D eigenvalue weighted by molar-refractivity contribution is 0.0959.